The summed E-state index contributed by atoms with van der Waals surface area (Å²) in [5, 5.41) is 0. The van der Waals surface area contributed by atoms with E-state index >= 15 is 0 Å². The van der Waals surface area contributed by atoms with E-state index in [-0.39, 0.29) is 12.0 Å². The first-order chi connectivity index (χ1) is 6.25. The lowest BCUT2D eigenvalue weighted by Crippen LogP contribution is -2.35. The Morgan fingerprint density at radius 3 is 3.00 bits per heavy atom. The Balaban J connectivity index is 1.91. The van der Waals surface area contributed by atoms with Crippen molar-refractivity contribution in [1.82, 2.24) is 4.90 Å². The molecule has 74 valence electrons. The van der Waals surface area contributed by atoms with E-state index < -0.39 is 0 Å². The molecular weight excluding hydrogens is 166 g/mol. The number of carbonyl (C=O) groups is 1. The van der Waals surface area contributed by atoms with Crippen LogP contribution in [0.3, 0.4) is 0 Å². The smallest absolute Gasteiger partial charge is 0.224 e. The molecule has 1 unspecified atom stereocenters. The highest BCUT2D eigenvalue weighted by Crippen LogP contribution is 2.30. The number of hydrogen-bond acceptors (Lipinski definition) is 2. The summed E-state index contributed by atoms with van der Waals surface area (Å²) in [7, 11) is 0. The fraction of sp³-hybridized carbons (Fsp3) is 0.900. The first-order valence-electron chi connectivity index (χ1n) is 5.15. The summed E-state index contributed by atoms with van der Waals surface area (Å²) in [5.74, 6) is 1.06. The fourth-order valence-electron chi connectivity index (χ4n) is 1.76. The van der Waals surface area contributed by atoms with Gasteiger partial charge in [-0.2, -0.15) is 0 Å². The van der Waals surface area contributed by atoms with E-state index in [1.165, 1.54) is 12.8 Å². The molecule has 0 bridgehead atoms. The van der Waals surface area contributed by atoms with Crippen molar-refractivity contribution in [2.45, 2.75) is 32.3 Å². The maximum atomic E-state index is 11.6. The Labute approximate surface area is 79.0 Å². The zero-order chi connectivity index (χ0) is 9.26. The highest BCUT2D eigenvalue weighted by molar-refractivity contribution is 5.76. The summed E-state index contributed by atoms with van der Waals surface area (Å²) in [6.07, 6.45) is 3.39. The molecule has 0 radical (unpaired) electrons. The van der Waals surface area contributed by atoms with Gasteiger partial charge in [-0.15, -0.1) is 0 Å². The Hall–Kier alpha value is -0.570. The van der Waals surface area contributed by atoms with E-state index in [4.69, 9.17) is 4.74 Å². The number of ether oxygens (including phenoxy) is 1. The Morgan fingerprint density at radius 2 is 2.31 bits per heavy atom. The van der Waals surface area contributed by atoms with E-state index in [0.29, 0.717) is 13.0 Å². The van der Waals surface area contributed by atoms with Crippen LogP contribution in [0.15, 0.2) is 0 Å². The molecule has 1 heterocycles. The second-order valence-corrected chi connectivity index (χ2v) is 4.17. The van der Waals surface area contributed by atoms with E-state index in [9.17, 15) is 4.79 Å². The van der Waals surface area contributed by atoms with Crippen molar-refractivity contribution in [1.29, 1.82) is 0 Å². The normalized spacial score (nSPS) is 30.4. The first kappa shape index (κ1) is 9.00. The van der Waals surface area contributed by atoms with Crippen molar-refractivity contribution in [3.8, 4) is 0 Å². The number of hydrogen-bond donors (Lipinski definition) is 0. The van der Waals surface area contributed by atoms with Crippen LogP contribution < -0.4 is 0 Å². The van der Waals surface area contributed by atoms with Crippen molar-refractivity contribution < 1.29 is 9.53 Å². The largest absolute Gasteiger partial charge is 0.376 e. The van der Waals surface area contributed by atoms with Gasteiger partial charge in [0.25, 0.3) is 0 Å². The number of amides is 1. The Kier molecular flexibility index (Phi) is 2.54. The van der Waals surface area contributed by atoms with Gasteiger partial charge in [-0.3, -0.25) is 4.79 Å². The lowest BCUT2D eigenvalue weighted by Gasteiger charge is -2.21. The predicted molar refractivity (Wildman–Crippen MR) is 49.3 cm³/mol. The molecular formula is C10H17NO2. The van der Waals surface area contributed by atoms with Gasteiger partial charge in [0.2, 0.25) is 5.91 Å². The molecule has 0 aromatic heterocycles. The molecule has 2 fully saturated rings. The molecule has 3 nitrogen and oxygen atoms in total. The molecule has 3 heteroatoms. The van der Waals surface area contributed by atoms with Gasteiger partial charge in [-0.1, -0.05) is 0 Å². The first-order valence-corrected chi connectivity index (χ1v) is 5.15. The Bertz CT molecular complexity index is 201. The highest BCUT2D eigenvalue weighted by Gasteiger charge is 2.28. The van der Waals surface area contributed by atoms with Gasteiger partial charge in [0.15, 0.2) is 0 Å². The zero-order valence-electron chi connectivity index (χ0n) is 8.16. The van der Waals surface area contributed by atoms with Crippen LogP contribution in [0, 0.1) is 5.92 Å². The van der Waals surface area contributed by atoms with Gasteiger partial charge in [-0.25, -0.2) is 0 Å². The molecule has 1 amide bonds. The molecule has 0 N–H and O–H groups in total. The highest BCUT2D eigenvalue weighted by atomic mass is 16.5. The molecule has 1 aliphatic carbocycles. The van der Waals surface area contributed by atoms with Crippen LogP contribution in [-0.4, -0.2) is 36.6 Å². The van der Waals surface area contributed by atoms with Crippen LogP contribution in [0.1, 0.15) is 26.2 Å². The van der Waals surface area contributed by atoms with E-state index in [0.717, 1.165) is 19.0 Å². The summed E-state index contributed by atoms with van der Waals surface area (Å²) >= 11 is 0. The number of carbonyl (C=O) groups excluding carboxylic acids is 1. The standard InChI is InChI=1S/C10H17NO2/c1-8-6-11(7-9-2-3-9)10(12)4-5-13-8/h8-9H,2-7H2,1H3. The van der Waals surface area contributed by atoms with Crippen LogP contribution in [0.5, 0.6) is 0 Å². The minimum absolute atomic E-state index is 0.213. The third-order valence-electron chi connectivity index (χ3n) is 2.72. The third kappa shape index (κ3) is 2.44. The zero-order valence-corrected chi connectivity index (χ0v) is 8.16. The SMILES string of the molecule is CC1CN(CC2CC2)C(=O)CCO1. The van der Waals surface area contributed by atoms with E-state index in [2.05, 4.69) is 0 Å². The van der Waals surface area contributed by atoms with Crippen LogP contribution in [-0.2, 0) is 9.53 Å². The second-order valence-electron chi connectivity index (χ2n) is 4.17. The van der Waals surface area contributed by atoms with Gasteiger partial charge < -0.3 is 9.64 Å². The summed E-state index contributed by atoms with van der Waals surface area (Å²) < 4.78 is 5.44. The summed E-state index contributed by atoms with van der Waals surface area (Å²) in [6.45, 7) is 4.39. The number of rotatable bonds is 2. The molecule has 2 rings (SSSR count). The summed E-state index contributed by atoms with van der Waals surface area (Å²) in [5.41, 5.74) is 0. The lowest BCUT2D eigenvalue weighted by atomic mass is 10.3. The minimum atomic E-state index is 0.213. The summed E-state index contributed by atoms with van der Waals surface area (Å²) in [6, 6.07) is 0. The van der Waals surface area contributed by atoms with Gasteiger partial charge >= 0.3 is 0 Å². The molecule has 2 aliphatic rings. The molecule has 1 saturated heterocycles. The average Bonchev–Trinajstić information content (AvgIpc) is 2.86. The maximum absolute atomic E-state index is 11.6. The second kappa shape index (κ2) is 3.66. The monoisotopic (exact) mass is 183 g/mol. The minimum Gasteiger partial charge on any atom is -0.376 e. The van der Waals surface area contributed by atoms with Crippen molar-refractivity contribution in [2.75, 3.05) is 19.7 Å². The van der Waals surface area contributed by atoms with Gasteiger partial charge in [-0.05, 0) is 25.7 Å². The molecule has 0 aromatic rings. The third-order valence-corrected chi connectivity index (χ3v) is 2.72. The number of nitrogens with zero attached hydrogens (tertiary/aromatic N) is 1. The van der Waals surface area contributed by atoms with Crippen molar-refractivity contribution in [3.63, 3.8) is 0 Å². The van der Waals surface area contributed by atoms with E-state index in [1.807, 2.05) is 11.8 Å². The van der Waals surface area contributed by atoms with Crippen molar-refractivity contribution in [2.24, 2.45) is 5.92 Å². The van der Waals surface area contributed by atoms with Crippen LogP contribution in [0.2, 0.25) is 0 Å². The molecule has 1 atom stereocenters. The van der Waals surface area contributed by atoms with Gasteiger partial charge in [0.1, 0.15) is 0 Å². The fourth-order valence-corrected chi connectivity index (χ4v) is 1.76. The molecule has 13 heavy (non-hydrogen) atoms. The quantitative estimate of drug-likeness (QED) is 0.640. The lowest BCUT2D eigenvalue weighted by molar-refractivity contribution is -0.130. The van der Waals surface area contributed by atoms with Crippen LogP contribution in [0.25, 0.3) is 0 Å². The predicted octanol–water partition coefficient (Wildman–Crippen LogP) is 1.03. The Morgan fingerprint density at radius 1 is 1.54 bits per heavy atom. The van der Waals surface area contributed by atoms with Crippen molar-refractivity contribution in [3.05, 3.63) is 0 Å². The topological polar surface area (TPSA) is 29.5 Å². The molecule has 0 spiro atoms. The van der Waals surface area contributed by atoms with Crippen molar-refractivity contribution >= 4 is 5.91 Å². The average molecular weight is 183 g/mol. The molecule has 1 aliphatic heterocycles. The maximum Gasteiger partial charge on any atom is 0.224 e. The van der Waals surface area contributed by atoms with Gasteiger partial charge in [0.05, 0.1) is 19.1 Å². The van der Waals surface area contributed by atoms with Gasteiger partial charge in [0, 0.05) is 13.1 Å². The van der Waals surface area contributed by atoms with Crippen LogP contribution in [0.4, 0.5) is 0 Å². The van der Waals surface area contributed by atoms with Crippen LogP contribution >= 0.6 is 0 Å². The molecule has 1 saturated carbocycles. The molecule has 0 aromatic carbocycles. The van der Waals surface area contributed by atoms with E-state index in [1.54, 1.807) is 0 Å². The summed E-state index contributed by atoms with van der Waals surface area (Å²) in [4.78, 5) is 13.6.